The summed E-state index contributed by atoms with van der Waals surface area (Å²) in [5.74, 6) is 1.66. The molecular weight excluding hydrogens is 220 g/mol. The molecular formula is C11H16N4S. The molecule has 0 N–H and O–H groups in total. The van der Waals surface area contributed by atoms with Gasteiger partial charge in [-0.05, 0) is 23.3 Å². The molecule has 2 aromatic rings. The Balaban J connectivity index is 2.28. The molecule has 0 atom stereocenters. The summed E-state index contributed by atoms with van der Waals surface area (Å²) in [6.45, 7) is 8.50. The molecule has 5 heteroatoms. The van der Waals surface area contributed by atoms with E-state index in [0.717, 1.165) is 10.8 Å². The van der Waals surface area contributed by atoms with Gasteiger partial charge in [0.05, 0.1) is 0 Å². The molecule has 0 fully saturated rings. The average Bonchev–Trinajstić information content (AvgIpc) is 2.86. The van der Waals surface area contributed by atoms with E-state index in [9.17, 15) is 0 Å². The number of thiophene rings is 1. The maximum atomic E-state index is 4.36. The second-order valence-corrected chi connectivity index (χ2v) is 5.52. The second kappa shape index (κ2) is 4.33. The zero-order valence-electron chi connectivity index (χ0n) is 10.0. The van der Waals surface area contributed by atoms with E-state index in [0.29, 0.717) is 11.8 Å². The van der Waals surface area contributed by atoms with Crippen LogP contribution in [0.5, 0.6) is 0 Å². The van der Waals surface area contributed by atoms with Gasteiger partial charge in [0.15, 0.2) is 5.82 Å². The Labute approximate surface area is 99.3 Å². The van der Waals surface area contributed by atoms with Crippen molar-refractivity contribution in [3.8, 4) is 5.00 Å². The zero-order valence-corrected chi connectivity index (χ0v) is 10.8. The fourth-order valence-corrected chi connectivity index (χ4v) is 2.22. The first-order valence-corrected chi connectivity index (χ1v) is 6.29. The van der Waals surface area contributed by atoms with Crippen LogP contribution in [-0.4, -0.2) is 20.2 Å². The smallest absolute Gasteiger partial charge is 0.130 e. The van der Waals surface area contributed by atoms with Crippen molar-refractivity contribution in [2.45, 2.75) is 39.5 Å². The van der Waals surface area contributed by atoms with Gasteiger partial charge >= 0.3 is 0 Å². The molecule has 0 aliphatic carbocycles. The van der Waals surface area contributed by atoms with Gasteiger partial charge in [-0.25, -0.2) is 0 Å². The summed E-state index contributed by atoms with van der Waals surface area (Å²) in [5, 5.41) is 13.5. The Morgan fingerprint density at radius 2 is 1.88 bits per heavy atom. The van der Waals surface area contributed by atoms with Crippen molar-refractivity contribution in [2.75, 3.05) is 0 Å². The van der Waals surface area contributed by atoms with E-state index in [1.807, 2.05) is 6.07 Å². The molecule has 0 amide bonds. The lowest BCUT2D eigenvalue weighted by atomic mass is 10.2. The van der Waals surface area contributed by atoms with Gasteiger partial charge in [0.1, 0.15) is 5.00 Å². The highest BCUT2D eigenvalue weighted by Gasteiger charge is 2.10. The molecule has 0 radical (unpaired) electrons. The number of nitrogens with zero attached hydrogens (tertiary/aromatic N) is 4. The van der Waals surface area contributed by atoms with Crippen molar-refractivity contribution in [3.05, 3.63) is 22.8 Å². The van der Waals surface area contributed by atoms with Gasteiger partial charge in [-0.1, -0.05) is 27.7 Å². The van der Waals surface area contributed by atoms with Crippen LogP contribution in [0, 0.1) is 0 Å². The minimum absolute atomic E-state index is 0.318. The summed E-state index contributed by atoms with van der Waals surface area (Å²) in [4.78, 5) is 2.96. The summed E-state index contributed by atoms with van der Waals surface area (Å²) < 4.78 is 0. The SMILES string of the molecule is CC(C)c1nnn(-c2ccc(C(C)C)s2)n1. The monoisotopic (exact) mass is 236 g/mol. The Bertz CT molecular complexity index is 426. The van der Waals surface area contributed by atoms with Gasteiger partial charge in [0.2, 0.25) is 0 Å². The molecule has 0 aliphatic heterocycles. The quantitative estimate of drug-likeness (QED) is 0.823. The molecule has 0 aliphatic rings. The molecule has 0 unspecified atom stereocenters. The second-order valence-electron chi connectivity index (χ2n) is 4.42. The molecule has 2 heterocycles. The summed E-state index contributed by atoms with van der Waals surface area (Å²) in [5.41, 5.74) is 0. The van der Waals surface area contributed by atoms with Crippen LogP contribution in [0.3, 0.4) is 0 Å². The molecule has 0 aromatic carbocycles. The molecule has 2 aromatic heterocycles. The standard InChI is InChI=1S/C11H16N4S/c1-7(2)9-5-6-10(16-9)15-13-11(8(3)4)12-14-15/h5-8H,1-4H3. The Morgan fingerprint density at radius 3 is 2.38 bits per heavy atom. The minimum Gasteiger partial charge on any atom is -0.130 e. The molecule has 2 rings (SSSR count). The van der Waals surface area contributed by atoms with Crippen LogP contribution in [0.1, 0.15) is 50.2 Å². The van der Waals surface area contributed by atoms with E-state index < -0.39 is 0 Å². The Morgan fingerprint density at radius 1 is 1.12 bits per heavy atom. The van der Waals surface area contributed by atoms with Gasteiger partial charge in [0.25, 0.3) is 0 Å². The average molecular weight is 236 g/mol. The first kappa shape index (κ1) is 11.3. The third-order valence-electron chi connectivity index (χ3n) is 2.32. The Kier molecular flexibility index (Phi) is 3.05. The summed E-state index contributed by atoms with van der Waals surface area (Å²) in [7, 11) is 0. The maximum absolute atomic E-state index is 4.36. The molecule has 0 saturated carbocycles. The summed E-state index contributed by atoms with van der Waals surface area (Å²) in [6.07, 6.45) is 0. The van der Waals surface area contributed by atoms with Gasteiger partial charge in [-0.15, -0.1) is 26.3 Å². The summed E-state index contributed by atoms with van der Waals surface area (Å²) >= 11 is 1.72. The highest BCUT2D eigenvalue weighted by Crippen LogP contribution is 2.26. The first-order valence-electron chi connectivity index (χ1n) is 5.48. The highest BCUT2D eigenvalue weighted by atomic mass is 32.1. The van der Waals surface area contributed by atoms with Crippen LogP contribution >= 0.6 is 11.3 Å². The first-order chi connectivity index (χ1) is 7.58. The lowest BCUT2D eigenvalue weighted by Crippen LogP contribution is -1.97. The topological polar surface area (TPSA) is 43.6 Å². The number of rotatable bonds is 3. The fraction of sp³-hybridized carbons (Fsp3) is 0.545. The number of tetrazole rings is 1. The van der Waals surface area contributed by atoms with Crippen molar-refractivity contribution in [1.82, 2.24) is 20.2 Å². The zero-order chi connectivity index (χ0) is 11.7. The van der Waals surface area contributed by atoms with Crippen molar-refractivity contribution >= 4 is 11.3 Å². The van der Waals surface area contributed by atoms with Gasteiger partial charge in [-0.3, -0.25) is 0 Å². The van der Waals surface area contributed by atoms with Crippen LogP contribution in [0.15, 0.2) is 12.1 Å². The van der Waals surface area contributed by atoms with E-state index in [4.69, 9.17) is 0 Å². The van der Waals surface area contributed by atoms with Gasteiger partial charge in [0, 0.05) is 10.8 Å². The molecule has 0 spiro atoms. The van der Waals surface area contributed by atoms with Crippen molar-refractivity contribution in [2.24, 2.45) is 0 Å². The van der Waals surface area contributed by atoms with Crippen LogP contribution in [0.25, 0.3) is 5.00 Å². The fourth-order valence-electron chi connectivity index (χ4n) is 1.31. The third-order valence-corrected chi connectivity index (χ3v) is 3.68. The Hall–Kier alpha value is -1.23. The molecule has 0 bridgehead atoms. The maximum Gasteiger partial charge on any atom is 0.177 e. The predicted octanol–water partition coefficient (Wildman–Crippen LogP) is 2.97. The van der Waals surface area contributed by atoms with Crippen molar-refractivity contribution in [1.29, 1.82) is 0 Å². The minimum atomic E-state index is 0.318. The van der Waals surface area contributed by atoms with Crippen LogP contribution in [0.4, 0.5) is 0 Å². The molecule has 0 saturated heterocycles. The lowest BCUT2D eigenvalue weighted by molar-refractivity contribution is 0.722. The van der Waals surface area contributed by atoms with Crippen LogP contribution < -0.4 is 0 Å². The summed E-state index contributed by atoms with van der Waals surface area (Å²) in [6, 6.07) is 4.18. The predicted molar refractivity (Wildman–Crippen MR) is 65.2 cm³/mol. The van der Waals surface area contributed by atoms with Crippen LogP contribution in [0.2, 0.25) is 0 Å². The number of aromatic nitrogens is 4. The van der Waals surface area contributed by atoms with E-state index in [2.05, 4.69) is 49.2 Å². The van der Waals surface area contributed by atoms with E-state index in [1.165, 1.54) is 4.88 Å². The van der Waals surface area contributed by atoms with E-state index in [1.54, 1.807) is 16.1 Å². The third kappa shape index (κ3) is 2.14. The van der Waals surface area contributed by atoms with Gasteiger partial charge < -0.3 is 0 Å². The van der Waals surface area contributed by atoms with Crippen molar-refractivity contribution < 1.29 is 0 Å². The normalized spacial score (nSPS) is 11.6. The lowest BCUT2D eigenvalue weighted by Gasteiger charge is -1.97. The highest BCUT2D eigenvalue weighted by molar-refractivity contribution is 7.14. The van der Waals surface area contributed by atoms with E-state index >= 15 is 0 Å². The van der Waals surface area contributed by atoms with Gasteiger partial charge in [-0.2, -0.15) is 0 Å². The number of hydrogen-bond donors (Lipinski definition) is 0. The van der Waals surface area contributed by atoms with Crippen molar-refractivity contribution in [3.63, 3.8) is 0 Å². The van der Waals surface area contributed by atoms with Crippen LogP contribution in [-0.2, 0) is 0 Å². The number of hydrogen-bond acceptors (Lipinski definition) is 4. The molecule has 16 heavy (non-hydrogen) atoms. The van der Waals surface area contributed by atoms with E-state index in [-0.39, 0.29) is 0 Å². The molecule has 4 nitrogen and oxygen atoms in total. The largest absolute Gasteiger partial charge is 0.177 e. The molecule has 86 valence electrons.